The number of hydrogen-bond acceptors (Lipinski definition) is 3. The van der Waals surface area contributed by atoms with Crippen LogP contribution in [0.15, 0.2) is 42.5 Å². The molecule has 0 aliphatic heterocycles. The molecular weight excluding hydrogens is 387 g/mol. The predicted octanol–water partition coefficient (Wildman–Crippen LogP) is 3.54. The molecule has 3 rings (SSSR count). The Morgan fingerprint density at radius 2 is 1.81 bits per heavy atom. The molecule has 0 aromatic heterocycles. The van der Waals surface area contributed by atoms with Gasteiger partial charge in [0, 0.05) is 12.5 Å². The van der Waals surface area contributed by atoms with E-state index in [2.05, 4.69) is 10.6 Å². The molecule has 2 aromatic rings. The summed E-state index contributed by atoms with van der Waals surface area (Å²) in [5.74, 6) is 0.411. The van der Waals surface area contributed by atoms with Crippen molar-refractivity contribution in [2.24, 2.45) is 5.92 Å². The molecular formula is C20H20Cl2N2O3. The van der Waals surface area contributed by atoms with Gasteiger partial charge in [0.05, 0.1) is 23.7 Å². The number of carbonyl (C=O) groups is 2. The van der Waals surface area contributed by atoms with Crippen LogP contribution >= 0.6 is 23.2 Å². The van der Waals surface area contributed by atoms with E-state index in [0.717, 1.165) is 23.3 Å². The number of benzene rings is 2. The Kier molecular flexibility index (Phi) is 6.24. The van der Waals surface area contributed by atoms with Crippen molar-refractivity contribution in [1.82, 2.24) is 10.6 Å². The third-order valence-electron chi connectivity index (χ3n) is 4.57. The van der Waals surface area contributed by atoms with Gasteiger partial charge in [0.15, 0.2) is 0 Å². The molecule has 142 valence electrons. The fourth-order valence-electron chi connectivity index (χ4n) is 2.90. The molecule has 2 unspecified atom stereocenters. The molecule has 0 spiro atoms. The molecule has 2 amide bonds. The molecule has 27 heavy (non-hydrogen) atoms. The summed E-state index contributed by atoms with van der Waals surface area (Å²) in [4.78, 5) is 24.2. The quantitative estimate of drug-likeness (QED) is 0.738. The third-order valence-corrected chi connectivity index (χ3v) is 5.31. The fourth-order valence-corrected chi connectivity index (χ4v) is 3.21. The first kappa shape index (κ1) is 19.5. The number of hydrogen-bond donors (Lipinski definition) is 2. The highest BCUT2D eigenvalue weighted by Crippen LogP contribution is 2.48. The van der Waals surface area contributed by atoms with Crippen molar-refractivity contribution in [3.63, 3.8) is 0 Å². The van der Waals surface area contributed by atoms with Gasteiger partial charge in [0.25, 0.3) is 0 Å². The molecule has 1 saturated carbocycles. The average molecular weight is 407 g/mol. The van der Waals surface area contributed by atoms with Gasteiger partial charge in [-0.1, -0.05) is 41.4 Å². The summed E-state index contributed by atoms with van der Waals surface area (Å²) in [7, 11) is 1.60. The van der Waals surface area contributed by atoms with E-state index >= 15 is 0 Å². The summed E-state index contributed by atoms with van der Waals surface area (Å²) >= 11 is 11.9. The maximum Gasteiger partial charge on any atom is 0.239 e. The maximum atomic E-state index is 12.2. The lowest BCUT2D eigenvalue weighted by molar-refractivity contribution is -0.126. The molecule has 2 atom stereocenters. The summed E-state index contributed by atoms with van der Waals surface area (Å²) in [6.07, 6.45) is 0.747. The molecule has 2 aromatic carbocycles. The van der Waals surface area contributed by atoms with Crippen LogP contribution in [0.2, 0.25) is 10.0 Å². The second kappa shape index (κ2) is 8.63. The Bertz CT molecular complexity index is 840. The fraction of sp³-hybridized carbons (Fsp3) is 0.300. The van der Waals surface area contributed by atoms with E-state index in [1.165, 1.54) is 0 Å². The zero-order chi connectivity index (χ0) is 19.4. The highest BCUT2D eigenvalue weighted by Gasteiger charge is 2.44. The van der Waals surface area contributed by atoms with Crippen molar-refractivity contribution in [1.29, 1.82) is 0 Å². The molecule has 0 saturated heterocycles. The number of methoxy groups -OCH3 is 1. The Morgan fingerprint density at radius 1 is 1.07 bits per heavy atom. The Morgan fingerprint density at radius 3 is 2.48 bits per heavy atom. The first-order valence-corrected chi connectivity index (χ1v) is 9.36. The molecule has 5 nitrogen and oxygen atoms in total. The van der Waals surface area contributed by atoms with Gasteiger partial charge in [-0.2, -0.15) is 0 Å². The van der Waals surface area contributed by atoms with Gasteiger partial charge in [-0.3, -0.25) is 9.59 Å². The van der Waals surface area contributed by atoms with Crippen molar-refractivity contribution < 1.29 is 14.3 Å². The topological polar surface area (TPSA) is 67.4 Å². The van der Waals surface area contributed by atoms with Gasteiger partial charge in [-0.05, 0) is 47.7 Å². The van der Waals surface area contributed by atoms with E-state index in [9.17, 15) is 9.59 Å². The molecule has 0 heterocycles. The molecule has 7 heteroatoms. The minimum absolute atomic E-state index is 0.0421. The second-order valence-electron chi connectivity index (χ2n) is 6.46. The number of amides is 2. The first-order chi connectivity index (χ1) is 13.0. The SMILES string of the molecule is COc1ccc(CNC(=O)CNC(=O)C2CC2c2ccc(Cl)c(Cl)c2)cc1. The largest absolute Gasteiger partial charge is 0.497 e. The average Bonchev–Trinajstić information content (AvgIpc) is 3.48. The molecule has 2 N–H and O–H groups in total. The number of ether oxygens (including phenoxy) is 1. The van der Waals surface area contributed by atoms with Crippen molar-refractivity contribution >= 4 is 35.0 Å². The van der Waals surface area contributed by atoms with E-state index in [0.29, 0.717) is 16.6 Å². The Labute approximate surface area is 168 Å². The maximum absolute atomic E-state index is 12.2. The third kappa shape index (κ3) is 5.15. The molecule has 0 bridgehead atoms. The van der Waals surface area contributed by atoms with Gasteiger partial charge in [-0.25, -0.2) is 0 Å². The molecule has 1 aliphatic rings. The Hall–Kier alpha value is -2.24. The van der Waals surface area contributed by atoms with Gasteiger partial charge in [0.2, 0.25) is 11.8 Å². The summed E-state index contributed by atoms with van der Waals surface area (Å²) in [5, 5.41) is 6.46. The van der Waals surface area contributed by atoms with Crippen LogP contribution in [0.4, 0.5) is 0 Å². The van der Waals surface area contributed by atoms with Gasteiger partial charge >= 0.3 is 0 Å². The second-order valence-corrected chi connectivity index (χ2v) is 7.28. The van der Waals surface area contributed by atoms with Crippen molar-refractivity contribution in [2.75, 3.05) is 13.7 Å². The van der Waals surface area contributed by atoms with E-state index in [4.69, 9.17) is 27.9 Å². The number of nitrogens with one attached hydrogen (secondary N) is 2. The van der Waals surface area contributed by atoms with E-state index in [1.54, 1.807) is 19.2 Å². The summed E-state index contributed by atoms with van der Waals surface area (Å²) < 4.78 is 5.09. The number of carbonyl (C=O) groups excluding carboxylic acids is 2. The smallest absolute Gasteiger partial charge is 0.239 e. The monoisotopic (exact) mass is 406 g/mol. The van der Waals surface area contributed by atoms with Crippen LogP contribution in [-0.4, -0.2) is 25.5 Å². The van der Waals surface area contributed by atoms with Crippen molar-refractivity contribution in [2.45, 2.75) is 18.9 Å². The standard InChI is InChI=1S/C20H20Cl2N2O3/c1-27-14-5-2-12(3-6-14)10-23-19(25)11-24-20(26)16-9-15(16)13-4-7-17(21)18(22)8-13/h2-8,15-16H,9-11H2,1H3,(H,23,25)(H,24,26). The van der Waals surface area contributed by atoms with Crippen molar-refractivity contribution in [3.8, 4) is 5.75 Å². The van der Waals surface area contributed by atoms with Gasteiger partial charge in [0.1, 0.15) is 5.75 Å². The van der Waals surface area contributed by atoms with Crippen molar-refractivity contribution in [3.05, 3.63) is 63.6 Å². The summed E-state index contributed by atoms with van der Waals surface area (Å²) in [5.41, 5.74) is 1.95. The summed E-state index contributed by atoms with van der Waals surface area (Å²) in [6, 6.07) is 12.8. The minimum atomic E-state index is -0.231. The number of rotatable bonds is 7. The number of halogens is 2. The summed E-state index contributed by atoms with van der Waals surface area (Å²) in [6.45, 7) is 0.355. The highest BCUT2D eigenvalue weighted by atomic mass is 35.5. The van der Waals surface area contributed by atoms with Crippen LogP contribution in [-0.2, 0) is 16.1 Å². The molecule has 1 aliphatic carbocycles. The van der Waals surface area contributed by atoms with E-state index in [-0.39, 0.29) is 30.2 Å². The zero-order valence-corrected chi connectivity index (χ0v) is 16.3. The van der Waals surface area contributed by atoms with Crippen LogP contribution in [0, 0.1) is 5.92 Å². The van der Waals surface area contributed by atoms with Crippen LogP contribution in [0.3, 0.4) is 0 Å². The van der Waals surface area contributed by atoms with Gasteiger partial charge < -0.3 is 15.4 Å². The zero-order valence-electron chi connectivity index (χ0n) is 14.8. The van der Waals surface area contributed by atoms with E-state index < -0.39 is 0 Å². The van der Waals surface area contributed by atoms with Crippen LogP contribution in [0.25, 0.3) is 0 Å². The lowest BCUT2D eigenvalue weighted by Crippen LogP contribution is -2.37. The van der Waals surface area contributed by atoms with Gasteiger partial charge in [-0.15, -0.1) is 0 Å². The lowest BCUT2D eigenvalue weighted by atomic mass is 10.1. The van der Waals surface area contributed by atoms with E-state index in [1.807, 2.05) is 30.3 Å². The predicted molar refractivity (Wildman–Crippen MR) is 105 cm³/mol. The molecule has 1 fully saturated rings. The minimum Gasteiger partial charge on any atom is -0.497 e. The van der Waals surface area contributed by atoms with Crippen LogP contribution < -0.4 is 15.4 Å². The first-order valence-electron chi connectivity index (χ1n) is 8.60. The molecule has 0 radical (unpaired) electrons. The highest BCUT2D eigenvalue weighted by molar-refractivity contribution is 6.42. The van der Waals surface area contributed by atoms with Crippen LogP contribution in [0.1, 0.15) is 23.5 Å². The Balaban J connectivity index is 1.41. The van der Waals surface area contributed by atoms with Crippen LogP contribution in [0.5, 0.6) is 5.75 Å². The lowest BCUT2D eigenvalue weighted by Gasteiger charge is -2.08. The normalized spacial score (nSPS) is 17.9.